The molecule has 0 amide bonds. The lowest BCUT2D eigenvalue weighted by atomic mass is 9.69. The van der Waals surface area contributed by atoms with Gasteiger partial charge in [0.05, 0.1) is 31.3 Å². The Hall–Kier alpha value is -3.71. The van der Waals surface area contributed by atoms with Crippen LogP contribution in [0.4, 0.5) is 0 Å². The van der Waals surface area contributed by atoms with Gasteiger partial charge in [-0.2, -0.15) is 0 Å². The topological polar surface area (TPSA) is 86.5 Å². The molecule has 3 aromatic carbocycles. The number of carboxylic acid groups (broad SMARTS) is 1. The zero-order valence-electron chi connectivity index (χ0n) is 22.4. The van der Waals surface area contributed by atoms with Crippen LogP contribution in [-0.2, 0) is 29.3 Å². The smallest absolute Gasteiger partial charge is 0.310 e. The summed E-state index contributed by atoms with van der Waals surface area (Å²) in [5, 5.41) is 18.9. The van der Waals surface area contributed by atoms with Gasteiger partial charge in [0.1, 0.15) is 11.3 Å². The highest BCUT2D eigenvalue weighted by Crippen LogP contribution is 2.44. The number of hydrogen-bond donors (Lipinski definition) is 1. The fraction of sp³-hybridized carbons (Fsp3) is 0.367. The third-order valence-corrected chi connectivity index (χ3v) is 7.26. The Morgan fingerprint density at radius 2 is 1.78 bits per heavy atom. The minimum Gasteiger partial charge on any atom is -0.497 e. The summed E-state index contributed by atoms with van der Waals surface area (Å²) < 4.78 is 13.1. The summed E-state index contributed by atoms with van der Waals surface area (Å²) >= 11 is 0. The van der Waals surface area contributed by atoms with E-state index in [1.54, 1.807) is 21.0 Å². The van der Waals surface area contributed by atoms with Crippen molar-refractivity contribution in [2.75, 3.05) is 7.11 Å². The summed E-state index contributed by atoms with van der Waals surface area (Å²) in [6.07, 6.45) is 0. The molecule has 37 heavy (non-hydrogen) atoms. The molecule has 0 unspecified atom stereocenters. The van der Waals surface area contributed by atoms with Gasteiger partial charge in [-0.25, -0.2) is 4.68 Å². The lowest BCUT2D eigenvalue weighted by Gasteiger charge is -2.33. The maximum absolute atomic E-state index is 12.5. The monoisotopic (exact) mass is 501 g/mol. The molecule has 4 rings (SSSR count). The summed E-state index contributed by atoms with van der Waals surface area (Å²) in [5.41, 5.74) is 6.72. The maximum atomic E-state index is 12.5. The van der Waals surface area contributed by atoms with E-state index in [2.05, 4.69) is 16.4 Å². The molecule has 0 aliphatic heterocycles. The predicted molar refractivity (Wildman–Crippen MR) is 144 cm³/mol. The largest absolute Gasteiger partial charge is 0.497 e. The molecule has 0 aliphatic rings. The van der Waals surface area contributed by atoms with E-state index in [9.17, 15) is 9.90 Å². The lowest BCUT2D eigenvalue weighted by molar-refractivity contribution is -0.147. The summed E-state index contributed by atoms with van der Waals surface area (Å²) in [6, 6.07) is 18.0. The Bertz CT molecular complexity index is 1410. The van der Waals surface area contributed by atoms with Gasteiger partial charge >= 0.3 is 5.97 Å². The van der Waals surface area contributed by atoms with Crippen LogP contribution in [0, 0.1) is 19.3 Å². The van der Waals surface area contributed by atoms with Crippen molar-refractivity contribution in [3.8, 4) is 5.75 Å². The summed E-state index contributed by atoms with van der Waals surface area (Å²) in [5.74, 6) is -0.431. The van der Waals surface area contributed by atoms with E-state index >= 15 is 0 Å². The van der Waals surface area contributed by atoms with Gasteiger partial charge in [-0.05, 0) is 86.2 Å². The first-order valence-electron chi connectivity index (χ1n) is 12.5. The van der Waals surface area contributed by atoms with E-state index in [-0.39, 0.29) is 5.92 Å². The second-order valence-electron chi connectivity index (χ2n) is 10.0. The van der Waals surface area contributed by atoms with Gasteiger partial charge in [0.2, 0.25) is 0 Å². The zero-order chi connectivity index (χ0) is 26.7. The average molecular weight is 502 g/mol. The molecular formula is C30H35N3O4. The number of aromatic nitrogens is 3. The van der Waals surface area contributed by atoms with E-state index in [0.717, 1.165) is 56.7 Å². The van der Waals surface area contributed by atoms with Crippen molar-refractivity contribution < 1.29 is 19.4 Å². The molecule has 1 N–H and O–H groups in total. The third kappa shape index (κ3) is 5.23. The van der Waals surface area contributed by atoms with Crippen LogP contribution in [0.1, 0.15) is 60.1 Å². The number of carbonyl (C=O) groups is 1. The standard InChI is InChI=1S/C30H35N3O4/c1-7-33-26-15-14-25(20(3)28(26)31-32-33)27(30(4,5)29(34)35)22-11-8-19(2)23(16-22)18-37-17-21-9-12-24(36-6)13-10-21/h8-16,27H,7,17-18H2,1-6H3,(H,34,35)/t27-/m0/s1. The first-order chi connectivity index (χ1) is 17.7. The molecule has 0 fully saturated rings. The molecule has 0 saturated heterocycles. The van der Waals surface area contributed by atoms with Gasteiger partial charge < -0.3 is 14.6 Å². The highest BCUT2D eigenvalue weighted by atomic mass is 16.5. The molecule has 1 atom stereocenters. The van der Waals surface area contributed by atoms with Crippen LogP contribution >= 0.6 is 0 Å². The Morgan fingerprint density at radius 1 is 1.05 bits per heavy atom. The van der Waals surface area contributed by atoms with Crippen molar-refractivity contribution in [3.63, 3.8) is 0 Å². The number of aliphatic carboxylic acids is 1. The highest BCUT2D eigenvalue weighted by molar-refractivity contribution is 5.82. The molecule has 0 spiro atoms. The van der Waals surface area contributed by atoms with Crippen molar-refractivity contribution in [1.82, 2.24) is 15.0 Å². The molecule has 0 aliphatic carbocycles. The van der Waals surface area contributed by atoms with E-state index in [4.69, 9.17) is 9.47 Å². The van der Waals surface area contributed by atoms with Crippen LogP contribution in [0.3, 0.4) is 0 Å². The van der Waals surface area contributed by atoms with Crippen molar-refractivity contribution in [2.24, 2.45) is 5.41 Å². The van der Waals surface area contributed by atoms with Gasteiger partial charge in [0.15, 0.2) is 0 Å². The second-order valence-corrected chi connectivity index (χ2v) is 10.0. The minimum atomic E-state index is -1.06. The van der Waals surface area contributed by atoms with Crippen molar-refractivity contribution in [2.45, 2.75) is 60.3 Å². The molecule has 7 heteroatoms. The number of ether oxygens (including phenoxy) is 2. The Labute approximate surface area is 218 Å². The van der Waals surface area contributed by atoms with Crippen LogP contribution in [0.25, 0.3) is 11.0 Å². The number of nitrogens with zero attached hydrogens (tertiary/aromatic N) is 3. The highest BCUT2D eigenvalue weighted by Gasteiger charge is 2.40. The molecule has 194 valence electrons. The fourth-order valence-corrected chi connectivity index (χ4v) is 4.86. The molecule has 7 nitrogen and oxygen atoms in total. The first kappa shape index (κ1) is 26.4. The van der Waals surface area contributed by atoms with Gasteiger partial charge in [0, 0.05) is 12.5 Å². The summed E-state index contributed by atoms with van der Waals surface area (Å²) in [4.78, 5) is 12.5. The van der Waals surface area contributed by atoms with Gasteiger partial charge in [-0.15, -0.1) is 5.10 Å². The number of hydrogen-bond acceptors (Lipinski definition) is 5. The Balaban J connectivity index is 1.69. The van der Waals surface area contributed by atoms with Gasteiger partial charge in [-0.3, -0.25) is 4.79 Å². The van der Waals surface area contributed by atoms with Crippen LogP contribution < -0.4 is 4.74 Å². The Morgan fingerprint density at radius 3 is 2.43 bits per heavy atom. The second kappa shape index (κ2) is 10.7. The molecule has 0 bridgehead atoms. The first-order valence-corrected chi connectivity index (χ1v) is 12.5. The van der Waals surface area contributed by atoms with Crippen LogP contribution in [0.15, 0.2) is 54.6 Å². The van der Waals surface area contributed by atoms with Gasteiger partial charge in [-0.1, -0.05) is 41.6 Å². The number of aryl methyl sites for hydroxylation is 3. The van der Waals surface area contributed by atoms with Gasteiger partial charge in [0.25, 0.3) is 0 Å². The van der Waals surface area contributed by atoms with Crippen molar-refractivity contribution in [1.29, 1.82) is 0 Å². The summed E-state index contributed by atoms with van der Waals surface area (Å²) in [7, 11) is 1.65. The number of fused-ring (bicyclic) bond motifs is 1. The third-order valence-electron chi connectivity index (χ3n) is 7.26. The molecule has 0 saturated carbocycles. The molecule has 1 heterocycles. The van der Waals surface area contributed by atoms with E-state index in [1.807, 2.05) is 74.0 Å². The maximum Gasteiger partial charge on any atom is 0.310 e. The number of benzene rings is 3. The van der Waals surface area contributed by atoms with E-state index in [0.29, 0.717) is 13.2 Å². The SMILES string of the molecule is CCn1nnc2c(C)c([C@H](c3ccc(C)c(COCc4ccc(OC)cc4)c3)C(C)(C)C(=O)O)ccc21. The van der Waals surface area contributed by atoms with E-state index < -0.39 is 11.4 Å². The molecule has 0 radical (unpaired) electrons. The number of rotatable bonds is 10. The average Bonchev–Trinajstić information content (AvgIpc) is 3.31. The lowest BCUT2D eigenvalue weighted by Crippen LogP contribution is -2.32. The van der Waals surface area contributed by atoms with Crippen LogP contribution in [0.2, 0.25) is 0 Å². The fourth-order valence-electron chi connectivity index (χ4n) is 4.86. The molecule has 1 aromatic heterocycles. The van der Waals surface area contributed by atoms with E-state index in [1.165, 1.54) is 0 Å². The zero-order valence-corrected chi connectivity index (χ0v) is 22.4. The molecule has 4 aromatic rings. The quantitative estimate of drug-likeness (QED) is 0.285. The number of carboxylic acids is 1. The Kier molecular flexibility index (Phi) is 7.64. The van der Waals surface area contributed by atoms with Crippen LogP contribution in [-0.4, -0.2) is 33.2 Å². The van der Waals surface area contributed by atoms with Crippen LogP contribution in [0.5, 0.6) is 5.75 Å². The van der Waals surface area contributed by atoms with Crippen molar-refractivity contribution >= 4 is 17.0 Å². The summed E-state index contributed by atoms with van der Waals surface area (Å²) in [6.45, 7) is 11.3. The normalized spacial score (nSPS) is 12.6. The predicted octanol–water partition coefficient (Wildman–Crippen LogP) is 6.04. The number of methoxy groups -OCH3 is 1. The van der Waals surface area contributed by atoms with Crippen molar-refractivity contribution in [3.05, 3.63) is 88.0 Å². The minimum absolute atomic E-state index is 0.387. The molecular weight excluding hydrogens is 466 g/mol.